The molecule has 0 fully saturated rings. The first kappa shape index (κ1) is 21.1. The zero-order valence-electron chi connectivity index (χ0n) is 17.2. The van der Waals surface area contributed by atoms with Crippen molar-refractivity contribution in [3.63, 3.8) is 0 Å². The normalized spacial score (nSPS) is 15.0. The second-order valence-corrected chi connectivity index (χ2v) is 8.25. The SMILES string of the molecule is CC(F)C#Cc1csc2c(C(N)(c3ccccc3)C(C)N)nc(-c3ccncc3)nc12. The summed E-state index contributed by atoms with van der Waals surface area (Å²) in [5.74, 6) is 5.97. The van der Waals surface area contributed by atoms with Crippen molar-refractivity contribution in [3.8, 4) is 23.2 Å². The second-order valence-electron chi connectivity index (χ2n) is 7.37. The van der Waals surface area contributed by atoms with Gasteiger partial charge in [-0.15, -0.1) is 11.3 Å². The Morgan fingerprint density at radius 3 is 2.42 bits per heavy atom. The Morgan fingerprint density at radius 1 is 1.06 bits per heavy atom. The first-order valence-electron chi connectivity index (χ1n) is 9.87. The van der Waals surface area contributed by atoms with Crippen LogP contribution in [0.1, 0.15) is 30.7 Å². The van der Waals surface area contributed by atoms with Gasteiger partial charge in [-0.2, -0.15) is 0 Å². The Labute approximate surface area is 184 Å². The van der Waals surface area contributed by atoms with Crippen molar-refractivity contribution >= 4 is 21.6 Å². The molecule has 0 aliphatic heterocycles. The van der Waals surface area contributed by atoms with E-state index in [-0.39, 0.29) is 0 Å². The van der Waals surface area contributed by atoms with E-state index in [0.717, 1.165) is 15.8 Å². The average Bonchev–Trinajstić information content (AvgIpc) is 3.20. The van der Waals surface area contributed by atoms with Crippen molar-refractivity contribution in [3.05, 3.63) is 77.1 Å². The molecule has 0 aliphatic rings. The number of hydrogen-bond donors (Lipinski definition) is 2. The molecule has 0 amide bonds. The van der Waals surface area contributed by atoms with Crippen molar-refractivity contribution in [1.29, 1.82) is 0 Å². The molecule has 0 spiro atoms. The average molecular weight is 432 g/mol. The van der Waals surface area contributed by atoms with Crippen LogP contribution in [0.3, 0.4) is 0 Å². The molecule has 0 saturated heterocycles. The van der Waals surface area contributed by atoms with Crippen molar-refractivity contribution in [2.45, 2.75) is 31.6 Å². The molecule has 1 aromatic carbocycles. The van der Waals surface area contributed by atoms with Crippen LogP contribution in [0.4, 0.5) is 4.39 Å². The van der Waals surface area contributed by atoms with E-state index < -0.39 is 17.8 Å². The van der Waals surface area contributed by atoms with Gasteiger partial charge in [-0.1, -0.05) is 42.2 Å². The van der Waals surface area contributed by atoms with Crippen LogP contribution in [0.5, 0.6) is 0 Å². The Balaban J connectivity index is 2.05. The number of thiophene rings is 1. The summed E-state index contributed by atoms with van der Waals surface area (Å²) >= 11 is 1.44. The van der Waals surface area contributed by atoms with Crippen LogP contribution in [0.25, 0.3) is 21.6 Å². The fourth-order valence-electron chi connectivity index (χ4n) is 3.42. The predicted octanol–water partition coefficient (Wildman–Crippen LogP) is 4.01. The first-order chi connectivity index (χ1) is 14.9. The number of hydrogen-bond acceptors (Lipinski definition) is 6. The predicted molar refractivity (Wildman–Crippen MR) is 123 cm³/mol. The number of rotatable bonds is 4. The van der Waals surface area contributed by atoms with Gasteiger partial charge in [0.1, 0.15) is 11.1 Å². The van der Waals surface area contributed by atoms with Crippen LogP contribution in [-0.4, -0.2) is 27.2 Å². The van der Waals surface area contributed by atoms with E-state index in [1.807, 2.05) is 54.8 Å². The molecule has 4 rings (SSSR count). The third-order valence-electron chi connectivity index (χ3n) is 5.12. The fourth-order valence-corrected chi connectivity index (χ4v) is 4.42. The Bertz CT molecular complexity index is 1260. The molecule has 7 heteroatoms. The molecule has 4 N–H and O–H groups in total. The zero-order chi connectivity index (χ0) is 22.0. The summed E-state index contributed by atoms with van der Waals surface area (Å²) in [6.45, 7) is 3.27. The molecule has 0 radical (unpaired) electrons. The standard InChI is InChI=1S/C24H22FN5S/c1-15(25)8-9-18-14-31-21-20(18)29-23(17-10-12-28-13-11-17)30-22(21)24(27,16(2)26)19-6-4-3-5-7-19/h3-7,10-16H,26-27H2,1-2H3. The monoisotopic (exact) mass is 431 g/mol. The van der Waals surface area contributed by atoms with Gasteiger partial charge in [-0.3, -0.25) is 4.98 Å². The number of pyridine rings is 1. The summed E-state index contributed by atoms with van der Waals surface area (Å²) in [6.07, 6.45) is 2.12. The number of nitrogens with zero attached hydrogens (tertiary/aromatic N) is 3. The molecule has 0 saturated carbocycles. The van der Waals surface area contributed by atoms with E-state index in [2.05, 4.69) is 16.8 Å². The van der Waals surface area contributed by atoms with E-state index in [4.69, 9.17) is 21.4 Å². The van der Waals surface area contributed by atoms with Crippen LogP contribution in [0.2, 0.25) is 0 Å². The second kappa shape index (κ2) is 8.52. The van der Waals surface area contributed by atoms with Crippen molar-refractivity contribution in [2.24, 2.45) is 11.5 Å². The van der Waals surface area contributed by atoms with Gasteiger partial charge in [0.25, 0.3) is 0 Å². The number of aromatic nitrogens is 3. The minimum atomic E-state index is -1.24. The van der Waals surface area contributed by atoms with E-state index in [9.17, 15) is 4.39 Å². The van der Waals surface area contributed by atoms with Gasteiger partial charge in [0, 0.05) is 29.4 Å². The summed E-state index contributed by atoms with van der Waals surface area (Å²) in [5, 5.41) is 1.86. The summed E-state index contributed by atoms with van der Waals surface area (Å²) < 4.78 is 14.2. The Morgan fingerprint density at radius 2 is 1.77 bits per heavy atom. The molecule has 3 aromatic heterocycles. The summed E-state index contributed by atoms with van der Waals surface area (Å²) in [6, 6.07) is 12.9. The fraction of sp³-hybridized carbons (Fsp3) is 0.208. The Kier molecular flexibility index (Phi) is 5.79. The highest BCUT2D eigenvalue weighted by Gasteiger charge is 2.38. The highest BCUT2D eigenvalue weighted by Crippen LogP contribution is 2.38. The lowest BCUT2D eigenvalue weighted by molar-refractivity contribution is 0.438. The summed E-state index contributed by atoms with van der Waals surface area (Å²) in [4.78, 5) is 13.7. The van der Waals surface area contributed by atoms with E-state index in [1.165, 1.54) is 18.3 Å². The van der Waals surface area contributed by atoms with E-state index in [1.54, 1.807) is 12.4 Å². The van der Waals surface area contributed by atoms with Crippen LogP contribution in [0, 0.1) is 11.8 Å². The lowest BCUT2D eigenvalue weighted by Crippen LogP contribution is -2.52. The van der Waals surface area contributed by atoms with Gasteiger partial charge in [-0.25, -0.2) is 14.4 Å². The number of nitrogens with two attached hydrogens (primary N) is 2. The molecule has 0 aliphatic carbocycles. The van der Waals surface area contributed by atoms with Crippen molar-refractivity contribution < 1.29 is 4.39 Å². The minimum absolute atomic E-state index is 0.444. The van der Waals surface area contributed by atoms with Gasteiger partial charge in [0.15, 0.2) is 12.0 Å². The largest absolute Gasteiger partial charge is 0.326 e. The lowest BCUT2D eigenvalue weighted by Gasteiger charge is -2.34. The van der Waals surface area contributed by atoms with Crippen LogP contribution < -0.4 is 11.5 Å². The zero-order valence-corrected chi connectivity index (χ0v) is 18.0. The van der Waals surface area contributed by atoms with Crippen molar-refractivity contribution in [2.75, 3.05) is 0 Å². The molecule has 31 heavy (non-hydrogen) atoms. The lowest BCUT2D eigenvalue weighted by atomic mass is 9.81. The summed E-state index contributed by atoms with van der Waals surface area (Å²) in [7, 11) is 0. The highest BCUT2D eigenvalue weighted by molar-refractivity contribution is 7.17. The van der Waals surface area contributed by atoms with Gasteiger partial charge in [0.2, 0.25) is 0 Å². The number of fused-ring (bicyclic) bond motifs is 1. The number of benzene rings is 1. The van der Waals surface area contributed by atoms with E-state index >= 15 is 0 Å². The number of alkyl halides is 1. The first-order valence-corrected chi connectivity index (χ1v) is 10.7. The molecule has 3 unspecified atom stereocenters. The molecular weight excluding hydrogens is 409 g/mol. The van der Waals surface area contributed by atoms with Crippen molar-refractivity contribution in [1.82, 2.24) is 15.0 Å². The maximum Gasteiger partial charge on any atom is 0.160 e. The van der Waals surface area contributed by atoms with Crippen LogP contribution >= 0.6 is 11.3 Å². The van der Waals surface area contributed by atoms with Crippen LogP contribution in [0.15, 0.2) is 60.2 Å². The maximum absolute atomic E-state index is 13.4. The highest BCUT2D eigenvalue weighted by atomic mass is 32.1. The quantitative estimate of drug-likeness (QED) is 0.477. The number of halogens is 1. The van der Waals surface area contributed by atoms with Gasteiger partial charge in [0.05, 0.1) is 16.0 Å². The third-order valence-corrected chi connectivity index (χ3v) is 6.10. The Hall–Kier alpha value is -3.18. The van der Waals surface area contributed by atoms with Gasteiger partial charge < -0.3 is 11.5 Å². The van der Waals surface area contributed by atoms with Crippen LogP contribution in [-0.2, 0) is 5.54 Å². The molecular formula is C24H22FN5S. The third kappa shape index (κ3) is 3.93. The van der Waals surface area contributed by atoms with E-state index in [0.29, 0.717) is 22.6 Å². The molecule has 4 aromatic rings. The summed E-state index contributed by atoms with van der Waals surface area (Å²) in [5.41, 5.74) is 15.9. The molecule has 3 heterocycles. The topological polar surface area (TPSA) is 90.7 Å². The maximum atomic E-state index is 13.4. The smallest absolute Gasteiger partial charge is 0.160 e. The molecule has 5 nitrogen and oxygen atoms in total. The van der Waals surface area contributed by atoms with Gasteiger partial charge in [-0.05, 0) is 31.5 Å². The minimum Gasteiger partial charge on any atom is -0.326 e. The van der Waals surface area contributed by atoms with Gasteiger partial charge >= 0.3 is 0 Å². The molecule has 0 bridgehead atoms. The molecule has 156 valence electrons. The molecule has 3 atom stereocenters.